The molecule has 0 amide bonds. The molecule has 0 aliphatic rings. The highest BCUT2D eigenvalue weighted by Crippen LogP contribution is 2.33. The maximum absolute atomic E-state index is 13.3. The van der Waals surface area contributed by atoms with Gasteiger partial charge in [0.2, 0.25) is 0 Å². The molecule has 0 saturated heterocycles. The van der Waals surface area contributed by atoms with Gasteiger partial charge in [0.1, 0.15) is 12.3 Å². The molecule has 0 atom stereocenters. The average Bonchev–Trinajstić information content (AvgIpc) is 3.35. The Hall–Kier alpha value is -3.41. The number of anilines is 1. The number of benzene rings is 1. The van der Waals surface area contributed by atoms with E-state index < -0.39 is 0 Å². The lowest BCUT2D eigenvalue weighted by Gasteiger charge is -2.18. The number of hydrogen-bond acceptors (Lipinski definition) is 5. The van der Waals surface area contributed by atoms with Crippen molar-refractivity contribution >= 4 is 22.5 Å². The second kappa shape index (κ2) is 7.54. The molecule has 6 nitrogen and oxygen atoms in total. The van der Waals surface area contributed by atoms with Crippen molar-refractivity contribution < 1.29 is 9.21 Å². The van der Waals surface area contributed by atoms with Gasteiger partial charge in [0, 0.05) is 25.9 Å². The highest BCUT2D eigenvalue weighted by atomic mass is 16.3. The number of aromatic nitrogens is 3. The smallest absolute Gasteiger partial charge is 0.196 e. The van der Waals surface area contributed by atoms with Gasteiger partial charge in [0.15, 0.2) is 11.4 Å². The monoisotopic (exact) mass is 388 g/mol. The predicted octanol–water partition coefficient (Wildman–Crippen LogP) is 4.24. The highest BCUT2D eigenvalue weighted by Gasteiger charge is 2.23. The van der Waals surface area contributed by atoms with Gasteiger partial charge < -0.3 is 9.32 Å². The van der Waals surface area contributed by atoms with Crippen molar-refractivity contribution in [2.45, 2.75) is 26.8 Å². The maximum atomic E-state index is 13.3. The molecule has 0 fully saturated rings. The summed E-state index contributed by atoms with van der Waals surface area (Å²) in [7, 11) is 3.90. The van der Waals surface area contributed by atoms with Crippen LogP contribution in [0, 0.1) is 6.92 Å². The minimum absolute atomic E-state index is 0.0380. The summed E-state index contributed by atoms with van der Waals surface area (Å²) in [6, 6.07) is 11.4. The van der Waals surface area contributed by atoms with Crippen LogP contribution in [-0.2, 0) is 13.0 Å². The number of pyridine rings is 1. The number of carbonyl (C=O) groups is 1. The van der Waals surface area contributed by atoms with Gasteiger partial charge in [-0.15, -0.1) is 0 Å². The fourth-order valence-corrected chi connectivity index (χ4v) is 3.60. The SMILES string of the molecule is CCc1nn(Cc2ccco2)c2ncc(C(=O)c3ccc(C)cc3)c(N(C)C)c12. The van der Waals surface area contributed by atoms with Gasteiger partial charge >= 0.3 is 0 Å². The maximum Gasteiger partial charge on any atom is 0.196 e. The molecule has 4 rings (SSSR count). The van der Waals surface area contributed by atoms with E-state index in [2.05, 4.69) is 11.9 Å². The van der Waals surface area contributed by atoms with Gasteiger partial charge in [0.25, 0.3) is 0 Å². The quantitative estimate of drug-likeness (QED) is 0.462. The van der Waals surface area contributed by atoms with Crippen molar-refractivity contribution in [2.75, 3.05) is 19.0 Å². The molecular weight excluding hydrogens is 364 g/mol. The number of carbonyl (C=O) groups excluding carboxylic acids is 1. The van der Waals surface area contributed by atoms with Crippen LogP contribution in [0.3, 0.4) is 0 Å². The molecule has 0 unspecified atom stereocenters. The third-order valence-electron chi connectivity index (χ3n) is 5.03. The van der Waals surface area contributed by atoms with Crippen molar-refractivity contribution in [3.05, 3.63) is 77.0 Å². The number of aryl methyl sites for hydroxylation is 2. The molecule has 148 valence electrons. The van der Waals surface area contributed by atoms with E-state index in [-0.39, 0.29) is 5.78 Å². The van der Waals surface area contributed by atoms with Crippen LogP contribution in [0.15, 0.2) is 53.3 Å². The standard InChI is InChI=1S/C23H24N4O2/c1-5-19-20-21(26(3)4)18(22(28)16-10-8-15(2)9-11-16)13-24-23(20)27(25-19)14-17-7-6-12-29-17/h6-13H,5,14H2,1-4H3. The largest absolute Gasteiger partial charge is 0.467 e. The van der Waals surface area contributed by atoms with E-state index >= 15 is 0 Å². The molecule has 0 aliphatic heterocycles. The van der Waals surface area contributed by atoms with E-state index in [1.165, 1.54) is 0 Å². The third kappa shape index (κ3) is 3.42. The summed E-state index contributed by atoms with van der Waals surface area (Å²) in [6.45, 7) is 4.57. The average molecular weight is 388 g/mol. The number of furan rings is 1. The lowest BCUT2D eigenvalue weighted by molar-refractivity contribution is 0.103. The Balaban J connectivity index is 1.89. The summed E-state index contributed by atoms with van der Waals surface area (Å²) < 4.78 is 7.33. The minimum atomic E-state index is -0.0380. The zero-order chi connectivity index (χ0) is 20.5. The zero-order valence-electron chi connectivity index (χ0n) is 17.1. The van der Waals surface area contributed by atoms with Crippen LogP contribution in [0.4, 0.5) is 5.69 Å². The van der Waals surface area contributed by atoms with Crippen LogP contribution < -0.4 is 4.90 Å². The normalized spacial score (nSPS) is 11.2. The van der Waals surface area contributed by atoms with Crippen LogP contribution in [0.25, 0.3) is 11.0 Å². The Labute approximate surface area is 169 Å². The van der Waals surface area contributed by atoms with E-state index in [1.807, 2.05) is 67.0 Å². The van der Waals surface area contributed by atoms with Crippen molar-refractivity contribution in [3.63, 3.8) is 0 Å². The number of nitrogens with zero attached hydrogens (tertiary/aromatic N) is 4. The Morgan fingerprint density at radius 3 is 2.55 bits per heavy atom. The molecule has 0 bridgehead atoms. The summed E-state index contributed by atoms with van der Waals surface area (Å²) in [5.41, 5.74) is 4.88. The van der Waals surface area contributed by atoms with Gasteiger partial charge in [-0.1, -0.05) is 36.8 Å². The Kier molecular flexibility index (Phi) is 4.92. The number of fused-ring (bicyclic) bond motifs is 1. The molecule has 0 N–H and O–H groups in total. The van der Waals surface area contributed by atoms with Gasteiger partial charge in [-0.05, 0) is 25.5 Å². The fraction of sp³-hybridized carbons (Fsp3) is 0.261. The van der Waals surface area contributed by atoms with Crippen molar-refractivity contribution in [3.8, 4) is 0 Å². The van der Waals surface area contributed by atoms with Crippen LogP contribution >= 0.6 is 0 Å². The van der Waals surface area contributed by atoms with Crippen LogP contribution in [0.2, 0.25) is 0 Å². The third-order valence-corrected chi connectivity index (χ3v) is 5.03. The summed E-state index contributed by atoms with van der Waals surface area (Å²) >= 11 is 0. The number of hydrogen-bond donors (Lipinski definition) is 0. The predicted molar refractivity (Wildman–Crippen MR) is 114 cm³/mol. The van der Waals surface area contributed by atoms with E-state index in [0.29, 0.717) is 17.7 Å². The molecule has 0 radical (unpaired) electrons. The summed E-state index contributed by atoms with van der Waals surface area (Å²) in [4.78, 5) is 19.9. The van der Waals surface area contributed by atoms with Gasteiger partial charge in [-0.25, -0.2) is 9.67 Å². The Bertz CT molecular complexity index is 1160. The molecule has 1 aromatic carbocycles. The van der Waals surface area contributed by atoms with Gasteiger partial charge in [-0.2, -0.15) is 5.10 Å². The molecule has 3 heterocycles. The first-order valence-corrected chi connectivity index (χ1v) is 9.69. The van der Waals surface area contributed by atoms with E-state index in [9.17, 15) is 4.79 Å². The topological polar surface area (TPSA) is 64.2 Å². The van der Waals surface area contributed by atoms with Gasteiger partial charge in [0.05, 0.1) is 28.6 Å². The van der Waals surface area contributed by atoms with Crippen LogP contribution in [0.5, 0.6) is 0 Å². The van der Waals surface area contributed by atoms with Crippen molar-refractivity contribution in [1.29, 1.82) is 0 Å². The van der Waals surface area contributed by atoms with Crippen LogP contribution in [0.1, 0.15) is 39.9 Å². The van der Waals surface area contributed by atoms with E-state index in [0.717, 1.165) is 40.2 Å². The second-order valence-corrected chi connectivity index (χ2v) is 7.35. The van der Waals surface area contributed by atoms with E-state index in [4.69, 9.17) is 9.52 Å². The molecule has 4 aromatic rings. The second-order valence-electron chi connectivity index (χ2n) is 7.35. The molecule has 0 spiro atoms. The lowest BCUT2D eigenvalue weighted by Crippen LogP contribution is -2.16. The fourth-order valence-electron chi connectivity index (χ4n) is 3.60. The number of ketones is 1. The molecule has 0 aliphatic carbocycles. The molecule has 6 heteroatoms. The van der Waals surface area contributed by atoms with Crippen LogP contribution in [-0.4, -0.2) is 34.6 Å². The summed E-state index contributed by atoms with van der Waals surface area (Å²) in [5, 5.41) is 5.69. The van der Waals surface area contributed by atoms with Gasteiger partial charge in [-0.3, -0.25) is 4.79 Å². The first-order chi connectivity index (χ1) is 14.0. The molecule has 3 aromatic heterocycles. The Morgan fingerprint density at radius 2 is 1.93 bits per heavy atom. The van der Waals surface area contributed by atoms with Crippen molar-refractivity contribution in [1.82, 2.24) is 14.8 Å². The Morgan fingerprint density at radius 1 is 1.17 bits per heavy atom. The summed E-state index contributed by atoms with van der Waals surface area (Å²) in [5.74, 6) is 0.772. The van der Waals surface area contributed by atoms with E-state index in [1.54, 1.807) is 12.5 Å². The first kappa shape index (κ1) is 18.9. The van der Waals surface area contributed by atoms with Crippen molar-refractivity contribution in [2.24, 2.45) is 0 Å². The number of rotatable bonds is 6. The molecule has 29 heavy (non-hydrogen) atoms. The summed E-state index contributed by atoms with van der Waals surface area (Å²) in [6.07, 6.45) is 4.06. The lowest BCUT2D eigenvalue weighted by atomic mass is 9.99. The molecular formula is C23H24N4O2. The first-order valence-electron chi connectivity index (χ1n) is 9.69. The minimum Gasteiger partial charge on any atom is -0.467 e. The molecule has 0 saturated carbocycles. The zero-order valence-corrected chi connectivity index (χ0v) is 17.1. The highest BCUT2D eigenvalue weighted by molar-refractivity contribution is 6.16.